The molecule has 0 aliphatic carbocycles. The average molecular weight is 435 g/mol. The van der Waals surface area contributed by atoms with Gasteiger partial charge in [-0.1, -0.05) is 30.0 Å². The van der Waals surface area contributed by atoms with Crippen LogP contribution in [0.5, 0.6) is 0 Å². The number of aromatic nitrogens is 4. The SMILES string of the molecule is C=CCn1c(SCC(=O)N2c3ccccc3NC(=O)C2(C)C)nnc1-c1ccncc1. The molecule has 2 aromatic heterocycles. The molecule has 31 heavy (non-hydrogen) atoms. The Morgan fingerprint density at radius 1 is 1.19 bits per heavy atom. The van der Waals surface area contributed by atoms with Crippen molar-refractivity contribution in [3.8, 4) is 11.4 Å². The number of pyridine rings is 1. The Hall–Kier alpha value is -3.46. The van der Waals surface area contributed by atoms with Gasteiger partial charge in [-0.3, -0.25) is 24.0 Å². The molecule has 0 saturated heterocycles. The van der Waals surface area contributed by atoms with Crippen molar-refractivity contribution in [2.75, 3.05) is 16.0 Å². The molecule has 9 heteroatoms. The van der Waals surface area contributed by atoms with E-state index in [4.69, 9.17) is 0 Å². The number of amides is 2. The number of hydrogen-bond acceptors (Lipinski definition) is 6. The Balaban J connectivity index is 1.60. The van der Waals surface area contributed by atoms with Gasteiger partial charge in [-0.2, -0.15) is 0 Å². The van der Waals surface area contributed by atoms with Crippen LogP contribution in [-0.4, -0.2) is 42.9 Å². The van der Waals surface area contributed by atoms with Crippen molar-refractivity contribution in [1.29, 1.82) is 0 Å². The molecule has 1 aliphatic rings. The van der Waals surface area contributed by atoms with Crippen molar-refractivity contribution >= 4 is 35.0 Å². The van der Waals surface area contributed by atoms with E-state index in [2.05, 4.69) is 27.1 Å². The van der Waals surface area contributed by atoms with Crippen LogP contribution in [0.1, 0.15) is 13.8 Å². The quantitative estimate of drug-likeness (QED) is 0.472. The highest BCUT2D eigenvalue weighted by Gasteiger charge is 2.43. The van der Waals surface area contributed by atoms with E-state index in [9.17, 15) is 9.59 Å². The second kappa shape index (κ2) is 8.35. The Bertz CT molecular complexity index is 1140. The molecule has 158 valence electrons. The summed E-state index contributed by atoms with van der Waals surface area (Å²) in [6.07, 6.45) is 5.15. The van der Waals surface area contributed by atoms with Crippen LogP contribution >= 0.6 is 11.8 Å². The third-order valence-electron chi connectivity index (χ3n) is 5.05. The first-order chi connectivity index (χ1) is 14.9. The van der Waals surface area contributed by atoms with Gasteiger partial charge < -0.3 is 5.32 Å². The molecular weight excluding hydrogens is 412 g/mol. The number of carbonyl (C=O) groups excluding carboxylic acids is 2. The minimum absolute atomic E-state index is 0.108. The monoisotopic (exact) mass is 434 g/mol. The van der Waals surface area contributed by atoms with Gasteiger partial charge in [0, 0.05) is 24.5 Å². The van der Waals surface area contributed by atoms with Crippen LogP contribution in [0.3, 0.4) is 0 Å². The molecule has 1 N–H and O–H groups in total. The van der Waals surface area contributed by atoms with Crippen molar-refractivity contribution in [2.24, 2.45) is 0 Å². The highest BCUT2D eigenvalue weighted by Crippen LogP contribution is 2.37. The van der Waals surface area contributed by atoms with Crippen molar-refractivity contribution in [1.82, 2.24) is 19.7 Å². The van der Waals surface area contributed by atoms with E-state index in [0.717, 1.165) is 5.56 Å². The van der Waals surface area contributed by atoms with Crippen LogP contribution in [0, 0.1) is 0 Å². The lowest BCUT2D eigenvalue weighted by Crippen LogP contribution is -2.59. The number of nitrogens with one attached hydrogen (secondary N) is 1. The molecule has 3 aromatic rings. The lowest BCUT2D eigenvalue weighted by Gasteiger charge is -2.42. The maximum absolute atomic E-state index is 13.3. The standard InChI is InChI=1S/C22H22N6O2S/c1-4-13-27-19(15-9-11-23-12-10-15)25-26-21(27)31-14-18(29)28-17-8-6-5-7-16(17)24-20(30)22(28,2)3/h4-12H,1,13-14H2,2-3H3,(H,24,30). The average Bonchev–Trinajstić information content (AvgIpc) is 3.16. The number of thioether (sulfide) groups is 1. The number of benzene rings is 1. The fourth-order valence-corrected chi connectivity index (χ4v) is 4.29. The zero-order valence-corrected chi connectivity index (χ0v) is 18.1. The van der Waals surface area contributed by atoms with Gasteiger partial charge in [-0.25, -0.2) is 0 Å². The summed E-state index contributed by atoms with van der Waals surface area (Å²) in [5.41, 5.74) is 1.18. The second-order valence-electron chi connectivity index (χ2n) is 7.49. The maximum atomic E-state index is 13.3. The predicted octanol–water partition coefficient (Wildman–Crippen LogP) is 3.38. The van der Waals surface area contributed by atoms with Gasteiger partial charge in [0.2, 0.25) is 11.8 Å². The third-order valence-corrected chi connectivity index (χ3v) is 6.00. The molecule has 0 radical (unpaired) electrons. The summed E-state index contributed by atoms with van der Waals surface area (Å²) in [6.45, 7) is 7.79. The first-order valence-corrected chi connectivity index (χ1v) is 10.7. The largest absolute Gasteiger partial charge is 0.322 e. The smallest absolute Gasteiger partial charge is 0.250 e. The molecule has 1 aliphatic heterocycles. The normalized spacial score (nSPS) is 14.6. The van der Waals surface area contributed by atoms with E-state index in [-0.39, 0.29) is 17.6 Å². The van der Waals surface area contributed by atoms with Crippen LogP contribution in [0.15, 0.2) is 66.6 Å². The Morgan fingerprint density at radius 3 is 2.68 bits per heavy atom. The van der Waals surface area contributed by atoms with Crippen molar-refractivity contribution in [2.45, 2.75) is 31.1 Å². The van der Waals surface area contributed by atoms with Gasteiger partial charge in [0.15, 0.2) is 11.0 Å². The van der Waals surface area contributed by atoms with E-state index in [0.29, 0.717) is 28.9 Å². The number of nitrogens with zero attached hydrogens (tertiary/aromatic N) is 5. The Morgan fingerprint density at radius 2 is 1.94 bits per heavy atom. The van der Waals surface area contributed by atoms with E-state index < -0.39 is 5.54 Å². The van der Waals surface area contributed by atoms with Crippen LogP contribution in [-0.2, 0) is 16.1 Å². The van der Waals surface area contributed by atoms with Gasteiger partial charge in [0.25, 0.3) is 0 Å². The molecule has 1 aromatic carbocycles. The van der Waals surface area contributed by atoms with E-state index in [1.807, 2.05) is 34.9 Å². The maximum Gasteiger partial charge on any atom is 0.250 e. The predicted molar refractivity (Wildman–Crippen MR) is 121 cm³/mol. The van der Waals surface area contributed by atoms with Gasteiger partial charge in [0.05, 0.1) is 17.1 Å². The first kappa shape index (κ1) is 20.8. The minimum atomic E-state index is -1.01. The van der Waals surface area contributed by atoms with Gasteiger partial charge in [0.1, 0.15) is 5.54 Å². The molecule has 0 spiro atoms. The Labute approximate surface area is 184 Å². The molecule has 0 unspecified atom stereocenters. The highest BCUT2D eigenvalue weighted by atomic mass is 32.2. The first-order valence-electron chi connectivity index (χ1n) is 9.74. The molecule has 0 atom stereocenters. The molecule has 2 amide bonds. The lowest BCUT2D eigenvalue weighted by molar-refractivity contribution is -0.125. The molecule has 0 bridgehead atoms. The number of fused-ring (bicyclic) bond motifs is 1. The summed E-state index contributed by atoms with van der Waals surface area (Å²) in [7, 11) is 0. The molecule has 0 saturated carbocycles. The zero-order valence-electron chi connectivity index (χ0n) is 17.3. The summed E-state index contributed by atoms with van der Waals surface area (Å²) in [5, 5.41) is 12.1. The lowest BCUT2D eigenvalue weighted by atomic mass is 9.96. The second-order valence-corrected chi connectivity index (χ2v) is 8.43. The molecule has 0 fully saturated rings. The van der Waals surface area contributed by atoms with Crippen LogP contribution in [0.25, 0.3) is 11.4 Å². The minimum Gasteiger partial charge on any atom is -0.322 e. The molecule has 3 heterocycles. The third kappa shape index (κ3) is 3.84. The fourth-order valence-electron chi connectivity index (χ4n) is 3.49. The van der Waals surface area contributed by atoms with E-state index in [1.54, 1.807) is 43.3 Å². The summed E-state index contributed by atoms with van der Waals surface area (Å²) < 4.78 is 1.91. The van der Waals surface area contributed by atoms with Crippen LogP contribution < -0.4 is 10.2 Å². The van der Waals surface area contributed by atoms with Crippen molar-refractivity contribution < 1.29 is 9.59 Å². The summed E-state index contributed by atoms with van der Waals surface area (Å²) in [5.74, 6) is 0.381. The van der Waals surface area contributed by atoms with Gasteiger partial charge >= 0.3 is 0 Å². The number of allylic oxidation sites excluding steroid dienone is 1. The topological polar surface area (TPSA) is 93.0 Å². The van der Waals surface area contributed by atoms with Gasteiger partial charge in [-0.15, -0.1) is 16.8 Å². The molecule has 8 nitrogen and oxygen atoms in total. The number of anilines is 2. The Kier molecular flexibility index (Phi) is 5.60. The number of rotatable bonds is 6. The summed E-state index contributed by atoms with van der Waals surface area (Å²) >= 11 is 1.28. The van der Waals surface area contributed by atoms with Crippen LogP contribution in [0.4, 0.5) is 11.4 Å². The highest BCUT2D eigenvalue weighted by molar-refractivity contribution is 7.99. The van der Waals surface area contributed by atoms with Crippen molar-refractivity contribution in [3.63, 3.8) is 0 Å². The molecule has 4 rings (SSSR count). The van der Waals surface area contributed by atoms with Gasteiger partial charge in [-0.05, 0) is 38.1 Å². The number of para-hydroxylation sites is 2. The summed E-state index contributed by atoms with van der Waals surface area (Å²) in [4.78, 5) is 31.5. The number of carbonyl (C=O) groups is 2. The van der Waals surface area contributed by atoms with E-state index in [1.165, 1.54) is 11.8 Å². The molecular formula is C22H22N6O2S. The van der Waals surface area contributed by atoms with Crippen molar-refractivity contribution in [3.05, 3.63) is 61.4 Å². The zero-order chi connectivity index (χ0) is 22.0. The van der Waals surface area contributed by atoms with E-state index >= 15 is 0 Å². The van der Waals surface area contributed by atoms with Crippen LogP contribution in [0.2, 0.25) is 0 Å². The summed E-state index contributed by atoms with van der Waals surface area (Å²) in [6, 6.07) is 11.0. The fraction of sp³-hybridized carbons (Fsp3) is 0.227. The number of hydrogen-bond donors (Lipinski definition) is 1.